The highest BCUT2D eigenvalue weighted by Gasteiger charge is 2.40. The molecular weight excluding hydrogens is 372 g/mol. The first-order valence-electron chi connectivity index (χ1n) is 9.35. The van der Waals surface area contributed by atoms with Crippen LogP contribution in [0.3, 0.4) is 0 Å². The number of nitrogens with one attached hydrogen (secondary N) is 2. The fraction of sp³-hybridized carbons (Fsp3) is 0.632. The van der Waals surface area contributed by atoms with E-state index >= 15 is 0 Å². The second-order valence-electron chi connectivity index (χ2n) is 7.82. The molecule has 0 spiro atoms. The molecule has 7 heteroatoms. The fourth-order valence-electron chi connectivity index (χ4n) is 3.93. The third kappa shape index (κ3) is 4.78. The second kappa shape index (κ2) is 7.87. The Bertz CT molecular complexity index is 737. The molecule has 0 aromatic heterocycles. The van der Waals surface area contributed by atoms with Crippen molar-refractivity contribution in [3.8, 4) is 0 Å². The summed E-state index contributed by atoms with van der Waals surface area (Å²) in [7, 11) is -3.63. The topological polar surface area (TPSA) is 75.3 Å². The molecule has 1 aromatic rings. The van der Waals surface area contributed by atoms with Gasteiger partial charge in [0.25, 0.3) is 0 Å². The average Bonchev–Trinajstić information content (AvgIpc) is 2.53. The average molecular weight is 399 g/mol. The molecule has 1 amide bonds. The maximum atomic E-state index is 12.4. The van der Waals surface area contributed by atoms with Crippen LogP contribution in [0, 0.1) is 5.92 Å². The van der Waals surface area contributed by atoms with E-state index in [-0.39, 0.29) is 6.04 Å². The molecule has 2 aliphatic rings. The van der Waals surface area contributed by atoms with Gasteiger partial charge in [0.1, 0.15) is 5.75 Å². The normalized spacial score (nSPS) is 25.3. The maximum absolute atomic E-state index is 12.4. The number of carbonyl (C=O) groups excluding carboxylic acids is 1. The number of amides is 1. The molecule has 0 heterocycles. The van der Waals surface area contributed by atoms with Gasteiger partial charge >= 0.3 is 0 Å². The third-order valence-electron chi connectivity index (χ3n) is 5.67. The van der Waals surface area contributed by atoms with E-state index in [9.17, 15) is 13.2 Å². The van der Waals surface area contributed by atoms with Gasteiger partial charge in [-0.05, 0) is 68.6 Å². The molecule has 0 atom stereocenters. The molecule has 2 N–H and O–H groups in total. The van der Waals surface area contributed by atoms with Crippen molar-refractivity contribution in [1.82, 2.24) is 10.0 Å². The molecule has 0 aliphatic heterocycles. The predicted octanol–water partition coefficient (Wildman–Crippen LogP) is 3.33. The van der Waals surface area contributed by atoms with Crippen LogP contribution in [0.15, 0.2) is 24.3 Å². The van der Waals surface area contributed by atoms with Gasteiger partial charge in [-0.25, -0.2) is 13.1 Å². The summed E-state index contributed by atoms with van der Waals surface area (Å²) in [5.74, 6) is -0.317. The largest absolute Gasteiger partial charge is 0.346 e. The van der Waals surface area contributed by atoms with Crippen LogP contribution in [0.4, 0.5) is 0 Å². The summed E-state index contributed by atoms with van der Waals surface area (Å²) in [5, 5.41) is 3.61. The SMILES string of the molecule is CC1CCC(NS(=O)(=O)CC(=O)NC2(c3ccc(Cl)cc3)CCC2)CC1. The van der Waals surface area contributed by atoms with Crippen molar-refractivity contribution in [1.29, 1.82) is 0 Å². The van der Waals surface area contributed by atoms with E-state index in [1.807, 2.05) is 12.1 Å². The molecule has 1 aromatic carbocycles. The molecule has 144 valence electrons. The highest BCUT2D eigenvalue weighted by Crippen LogP contribution is 2.41. The van der Waals surface area contributed by atoms with Crippen LogP contribution in [-0.4, -0.2) is 26.1 Å². The summed E-state index contributed by atoms with van der Waals surface area (Å²) in [6, 6.07) is 7.35. The predicted molar refractivity (Wildman–Crippen MR) is 103 cm³/mol. The van der Waals surface area contributed by atoms with Crippen molar-refractivity contribution >= 4 is 27.5 Å². The number of sulfonamides is 1. The zero-order chi connectivity index (χ0) is 18.8. The Morgan fingerprint density at radius 3 is 2.31 bits per heavy atom. The Kier molecular flexibility index (Phi) is 5.94. The van der Waals surface area contributed by atoms with Gasteiger partial charge in [0.2, 0.25) is 15.9 Å². The Hall–Kier alpha value is -1.11. The summed E-state index contributed by atoms with van der Waals surface area (Å²) in [4.78, 5) is 12.4. The Morgan fingerprint density at radius 2 is 1.77 bits per heavy atom. The van der Waals surface area contributed by atoms with Gasteiger partial charge in [-0.3, -0.25) is 4.79 Å². The Morgan fingerprint density at radius 1 is 1.15 bits per heavy atom. The summed E-state index contributed by atoms with van der Waals surface area (Å²) in [6.07, 6.45) is 6.38. The second-order valence-corrected chi connectivity index (χ2v) is 10.0. The molecule has 5 nitrogen and oxygen atoms in total. The van der Waals surface area contributed by atoms with Crippen molar-refractivity contribution in [2.75, 3.05) is 5.75 Å². The van der Waals surface area contributed by atoms with Crippen molar-refractivity contribution < 1.29 is 13.2 Å². The number of benzene rings is 1. The summed E-state index contributed by atoms with van der Waals surface area (Å²) in [5.41, 5.74) is 0.519. The van der Waals surface area contributed by atoms with Gasteiger partial charge in [-0.2, -0.15) is 0 Å². The molecule has 2 aliphatic carbocycles. The van der Waals surface area contributed by atoms with E-state index in [1.165, 1.54) is 0 Å². The zero-order valence-electron chi connectivity index (χ0n) is 15.1. The number of halogens is 1. The van der Waals surface area contributed by atoms with Gasteiger partial charge < -0.3 is 5.32 Å². The molecule has 0 radical (unpaired) electrons. The highest BCUT2D eigenvalue weighted by molar-refractivity contribution is 7.90. The lowest BCUT2D eigenvalue weighted by Gasteiger charge is -2.43. The van der Waals surface area contributed by atoms with Crippen LogP contribution < -0.4 is 10.0 Å². The van der Waals surface area contributed by atoms with Gasteiger partial charge in [0, 0.05) is 11.1 Å². The van der Waals surface area contributed by atoms with Crippen LogP contribution in [0.25, 0.3) is 0 Å². The van der Waals surface area contributed by atoms with Crippen LogP contribution in [0.1, 0.15) is 57.4 Å². The Balaban J connectivity index is 1.59. The van der Waals surface area contributed by atoms with E-state index in [4.69, 9.17) is 11.6 Å². The fourth-order valence-corrected chi connectivity index (χ4v) is 5.30. The first kappa shape index (κ1) is 19.6. The van der Waals surface area contributed by atoms with E-state index < -0.39 is 27.2 Å². The first-order chi connectivity index (χ1) is 12.3. The number of carbonyl (C=O) groups is 1. The minimum atomic E-state index is -3.63. The Labute approximate surface area is 160 Å². The lowest BCUT2D eigenvalue weighted by molar-refractivity contribution is -0.121. The van der Waals surface area contributed by atoms with Crippen molar-refractivity contribution in [3.63, 3.8) is 0 Å². The molecule has 26 heavy (non-hydrogen) atoms. The van der Waals surface area contributed by atoms with Gasteiger partial charge in [0.15, 0.2) is 0 Å². The molecule has 2 saturated carbocycles. The van der Waals surface area contributed by atoms with E-state index in [0.29, 0.717) is 10.9 Å². The van der Waals surface area contributed by atoms with Crippen molar-refractivity contribution in [2.45, 2.75) is 63.5 Å². The van der Waals surface area contributed by atoms with Crippen molar-refractivity contribution in [3.05, 3.63) is 34.9 Å². The van der Waals surface area contributed by atoms with Crippen LogP contribution in [0.2, 0.25) is 5.02 Å². The summed E-state index contributed by atoms with van der Waals surface area (Å²) >= 11 is 5.94. The third-order valence-corrected chi connectivity index (χ3v) is 7.25. The molecular formula is C19H27ClN2O3S. The summed E-state index contributed by atoms with van der Waals surface area (Å²) in [6.45, 7) is 2.19. The standard InChI is InChI=1S/C19H27ClN2O3S/c1-14-3-9-17(10-4-14)22-26(24,25)13-18(23)21-19(11-2-12-19)15-5-7-16(20)8-6-15/h5-8,14,17,22H,2-4,9-13H2,1H3,(H,21,23). The minimum absolute atomic E-state index is 0.0436. The van der Waals surface area contributed by atoms with E-state index in [1.54, 1.807) is 12.1 Å². The van der Waals surface area contributed by atoms with E-state index in [2.05, 4.69) is 17.0 Å². The van der Waals surface area contributed by atoms with Crippen LogP contribution in [0.5, 0.6) is 0 Å². The number of rotatable bonds is 6. The molecule has 3 rings (SSSR count). The number of hydrogen-bond acceptors (Lipinski definition) is 3. The minimum Gasteiger partial charge on any atom is -0.346 e. The molecule has 0 unspecified atom stereocenters. The monoisotopic (exact) mass is 398 g/mol. The van der Waals surface area contributed by atoms with Gasteiger partial charge in [-0.1, -0.05) is 30.7 Å². The van der Waals surface area contributed by atoms with Crippen LogP contribution >= 0.6 is 11.6 Å². The maximum Gasteiger partial charge on any atom is 0.237 e. The lowest BCUT2D eigenvalue weighted by Crippen LogP contribution is -2.53. The number of hydrogen-bond donors (Lipinski definition) is 2. The van der Waals surface area contributed by atoms with Gasteiger partial charge in [0.05, 0.1) is 5.54 Å². The lowest BCUT2D eigenvalue weighted by atomic mass is 9.72. The molecule has 2 fully saturated rings. The molecule has 0 saturated heterocycles. The molecule has 0 bridgehead atoms. The highest BCUT2D eigenvalue weighted by atomic mass is 35.5. The van der Waals surface area contributed by atoms with E-state index in [0.717, 1.165) is 50.5 Å². The smallest absolute Gasteiger partial charge is 0.237 e. The summed E-state index contributed by atoms with van der Waals surface area (Å²) < 4.78 is 27.5. The van der Waals surface area contributed by atoms with Crippen LogP contribution in [-0.2, 0) is 20.4 Å². The van der Waals surface area contributed by atoms with Gasteiger partial charge in [-0.15, -0.1) is 0 Å². The quantitative estimate of drug-likeness (QED) is 0.771. The first-order valence-corrected chi connectivity index (χ1v) is 11.4. The zero-order valence-corrected chi connectivity index (χ0v) is 16.7. The van der Waals surface area contributed by atoms with Crippen molar-refractivity contribution in [2.24, 2.45) is 5.92 Å².